The molecule has 13 heteroatoms. The van der Waals surface area contributed by atoms with Gasteiger partial charge in [-0.15, -0.1) is 0 Å². The summed E-state index contributed by atoms with van der Waals surface area (Å²) >= 11 is 3.54. The molecule has 2 heterocycles. The zero-order chi connectivity index (χ0) is 31.1. The molecule has 5 rings (SSSR count). The molecule has 1 aliphatic rings. The highest BCUT2D eigenvalue weighted by Gasteiger charge is 2.46. The average Bonchev–Trinajstić information content (AvgIpc) is 3.42. The number of aromatic amines is 1. The lowest BCUT2D eigenvalue weighted by Crippen LogP contribution is -2.52. The summed E-state index contributed by atoms with van der Waals surface area (Å²) in [6.45, 7) is 6.40. The number of nitro benzene ring substituents is 2. The number of benzene rings is 3. The van der Waals surface area contributed by atoms with Crippen LogP contribution >= 0.6 is 15.9 Å². The Balaban J connectivity index is 1.37. The predicted molar refractivity (Wildman–Crippen MR) is 164 cm³/mol. The van der Waals surface area contributed by atoms with E-state index in [4.69, 9.17) is 0 Å². The molecule has 0 aliphatic carbocycles. The molecule has 0 unspecified atom stereocenters. The Morgan fingerprint density at radius 2 is 1.74 bits per heavy atom. The van der Waals surface area contributed by atoms with E-state index in [2.05, 4.69) is 31.2 Å². The summed E-state index contributed by atoms with van der Waals surface area (Å²) in [5.74, 6) is -0.393. The van der Waals surface area contributed by atoms with E-state index in [1.807, 2.05) is 0 Å². The number of nitrogens with zero attached hydrogens (tertiary/aromatic N) is 4. The van der Waals surface area contributed by atoms with Gasteiger partial charge in [-0.3, -0.25) is 34.7 Å². The van der Waals surface area contributed by atoms with E-state index >= 15 is 0 Å². The molecule has 2 N–H and O–H groups in total. The van der Waals surface area contributed by atoms with Crippen molar-refractivity contribution in [3.63, 3.8) is 0 Å². The fourth-order valence-corrected chi connectivity index (χ4v) is 5.94. The minimum atomic E-state index is -1.01. The van der Waals surface area contributed by atoms with E-state index in [1.54, 1.807) is 57.2 Å². The van der Waals surface area contributed by atoms with Gasteiger partial charge in [-0.25, -0.2) is 4.98 Å². The highest BCUT2D eigenvalue weighted by Crippen LogP contribution is 2.41. The number of hydrogen-bond donors (Lipinski definition) is 2. The van der Waals surface area contributed by atoms with Crippen LogP contribution in [0.15, 0.2) is 53.0 Å². The number of nitro groups is 2. The second-order valence-corrected chi connectivity index (χ2v) is 11.8. The van der Waals surface area contributed by atoms with Gasteiger partial charge >= 0.3 is 0 Å². The molecule has 222 valence electrons. The lowest BCUT2D eigenvalue weighted by atomic mass is 9.76. The number of aromatic nitrogens is 2. The maximum absolute atomic E-state index is 13.8. The highest BCUT2D eigenvalue weighted by molar-refractivity contribution is 9.10. The molecule has 1 aromatic heterocycles. The molecular formula is C30H29BrN6O6. The number of rotatable bonds is 10. The molecule has 43 heavy (non-hydrogen) atoms. The van der Waals surface area contributed by atoms with Crippen LogP contribution in [0.5, 0.6) is 0 Å². The van der Waals surface area contributed by atoms with Gasteiger partial charge in [0.25, 0.3) is 17.3 Å². The van der Waals surface area contributed by atoms with E-state index in [0.29, 0.717) is 75.1 Å². The normalized spacial score (nSPS) is 14.3. The highest BCUT2D eigenvalue weighted by atomic mass is 79.9. The summed E-state index contributed by atoms with van der Waals surface area (Å²) in [4.78, 5) is 58.4. The summed E-state index contributed by atoms with van der Waals surface area (Å²) in [5, 5.41) is 26.0. The number of halogens is 1. The van der Waals surface area contributed by atoms with Crippen molar-refractivity contribution in [2.45, 2.75) is 39.0 Å². The summed E-state index contributed by atoms with van der Waals surface area (Å²) < 4.78 is 0.593. The first-order chi connectivity index (χ1) is 20.4. The van der Waals surface area contributed by atoms with E-state index in [1.165, 1.54) is 17.0 Å². The van der Waals surface area contributed by atoms with Crippen LogP contribution < -0.4 is 5.32 Å². The molecule has 0 fully saturated rings. The lowest BCUT2D eigenvalue weighted by Gasteiger charge is -2.37. The quantitative estimate of drug-likeness (QED) is 0.0970. The molecule has 0 radical (unpaired) electrons. The van der Waals surface area contributed by atoms with Crippen LogP contribution in [0.1, 0.15) is 47.3 Å². The standard InChI is InChI=1S/C30H29BrN6O6/c1-17-9-10-19(15-23(17)37(42)43)27-33-25-21(31)16-20-24(26(25)34-27)28(38)35(29(39)30(20,2)3)14-6-12-32-13-11-18-7-4-5-8-22(18)36(40)41/h4-5,7-10,15-16,32H,6,11-14H2,1-3H3,(H,33,34). The van der Waals surface area contributed by atoms with Crippen molar-refractivity contribution >= 4 is 50.2 Å². The smallest absolute Gasteiger partial charge is 0.273 e. The molecule has 0 spiro atoms. The Labute approximate surface area is 254 Å². The molecule has 3 aromatic carbocycles. The Bertz CT molecular complexity index is 1800. The molecule has 0 bridgehead atoms. The topological polar surface area (TPSA) is 164 Å². The van der Waals surface area contributed by atoms with Gasteiger partial charge < -0.3 is 10.3 Å². The number of amides is 2. The molecule has 12 nitrogen and oxygen atoms in total. The van der Waals surface area contributed by atoms with Crippen molar-refractivity contribution in [2.75, 3.05) is 19.6 Å². The summed E-state index contributed by atoms with van der Waals surface area (Å²) in [5.41, 5.74) is 2.51. The number of imide groups is 1. The van der Waals surface area contributed by atoms with E-state index in [-0.39, 0.29) is 23.8 Å². The van der Waals surface area contributed by atoms with Gasteiger partial charge in [0.15, 0.2) is 0 Å². The van der Waals surface area contributed by atoms with Crippen molar-refractivity contribution in [1.29, 1.82) is 0 Å². The summed E-state index contributed by atoms with van der Waals surface area (Å²) in [6, 6.07) is 13.2. The average molecular weight is 650 g/mol. The first kappa shape index (κ1) is 30.0. The van der Waals surface area contributed by atoms with Gasteiger partial charge in [-0.05, 0) is 74.3 Å². The van der Waals surface area contributed by atoms with Crippen LogP contribution in [0, 0.1) is 27.2 Å². The van der Waals surface area contributed by atoms with Crippen molar-refractivity contribution in [2.24, 2.45) is 0 Å². The SMILES string of the molecule is Cc1ccc(-c2nc3c(Br)cc4c(c3[nH]2)C(=O)N(CCCNCCc2ccccc2[N+](=O)[O-])C(=O)C4(C)C)cc1[N+](=O)[O-]. The van der Waals surface area contributed by atoms with Crippen LogP contribution in [0.2, 0.25) is 0 Å². The van der Waals surface area contributed by atoms with Crippen molar-refractivity contribution in [1.82, 2.24) is 20.2 Å². The van der Waals surface area contributed by atoms with Gasteiger partial charge in [-0.2, -0.15) is 0 Å². The van der Waals surface area contributed by atoms with E-state index in [9.17, 15) is 29.8 Å². The van der Waals surface area contributed by atoms with Gasteiger partial charge in [0.05, 0.1) is 26.3 Å². The number of aryl methyl sites for hydroxylation is 1. The fourth-order valence-electron chi connectivity index (χ4n) is 5.43. The number of hydrogen-bond acceptors (Lipinski definition) is 8. The van der Waals surface area contributed by atoms with Crippen LogP contribution in [-0.4, -0.2) is 56.2 Å². The van der Waals surface area contributed by atoms with Gasteiger partial charge in [0.1, 0.15) is 11.3 Å². The fraction of sp³-hybridized carbons (Fsp3) is 0.300. The molecule has 2 amide bonds. The molecule has 0 saturated heterocycles. The number of nitrogens with one attached hydrogen (secondary N) is 2. The number of fused-ring (bicyclic) bond motifs is 3. The van der Waals surface area contributed by atoms with Crippen LogP contribution in [0.3, 0.4) is 0 Å². The minimum absolute atomic E-state index is 0.0383. The van der Waals surface area contributed by atoms with Gasteiger partial charge in [0.2, 0.25) is 5.91 Å². The van der Waals surface area contributed by atoms with Crippen molar-refractivity contribution in [3.05, 3.63) is 95.5 Å². The summed E-state index contributed by atoms with van der Waals surface area (Å²) in [7, 11) is 0. The lowest BCUT2D eigenvalue weighted by molar-refractivity contribution is -0.385. The minimum Gasteiger partial charge on any atom is -0.337 e. The molecule has 4 aromatic rings. The zero-order valence-electron chi connectivity index (χ0n) is 23.8. The molecular weight excluding hydrogens is 620 g/mol. The Kier molecular flexibility index (Phi) is 8.12. The largest absolute Gasteiger partial charge is 0.337 e. The number of carbonyl (C=O) groups is 2. The Morgan fingerprint density at radius 3 is 2.47 bits per heavy atom. The molecule has 1 aliphatic heterocycles. The Morgan fingerprint density at radius 1 is 1.02 bits per heavy atom. The van der Waals surface area contributed by atoms with Crippen molar-refractivity contribution in [3.8, 4) is 11.4 Å². The third-order valence-corrected chi connectivity index (χ3v) is 8.41. The number of imidazole rings is 1. The maximum Gasteiger partial charge on any atom is 0.273 e. The zero-order valence-corrected chi connectivity index (χ0v) is 25.4. The first-order valence-electron chi connectivity index (χ1n) is 13.7. The number of carbonyl (C=O) groups excluding carboxylic acids is 2. The predicted octanol–water partition coefficient (Wildman–Crippen LogP) is 5.60. The first-order valence-corrected chi connectivity index (χ1v) is 14.5. The van der Waals surface area contributed by atoms with E-state index in [0.717, 1.165) is 0 Å². The maximum atomic E-state index is 13.8. The number of H-pyrrole nitrogens is 1. The van der Waals surface area contributed by atoms with Gasteiger partial charge in [0, 0.05) is 39.8 Å². The second-order valence-electron chi connectivity index (χ2n) is 11.0. The van der Waals surface area contributed by atoms with Crippen LogP contribution in [-0.2, 0) is 16.6 Å². The Hall–Kier alpha value is -4.49. The third kappa shape index (κ3) is 5.53. The van der Waals surface area contributed by atoms with Crippen molar-refractivity contribution < 1.29 is 19.4 Å². The third-order valence-electron chi connectivity index (χ3n) is 7.81. The van der Waals surface area contributed by atoms with Crippen LogP contribution in [0.4, 0.5) is 11.4 Å². The monoisotopic (exact) mass is 648 g/mol. The number of para-hydroxylation sites is 1. The van der Waals surface area contributed by atoms with Crippen LogP contribution in [0.25, 0.3) is 22.4 Å². The molecule has 0 saturated carbocycles. The van der Waals surface area contributed by atoms with Gasteiger partial charge in [-0.1, -0.05) is 30.3 Å². The van der Waals surface area contributed by atoms with E-state index < -0.39 is 21.2 Å². The molecule has 0 atom stereocenters. The summed E-state index contributed by atoms with van der Waals surface area (Å²) in [6.07, 6.45) is 0.957. The second kappa shape index (κ2) is 11.7.